The Bertz CT molecular complexity index is 467. The minimum atomic E-state index is -0.672. The molecule has 0 spiro atoms. The van der Waals surface area contributed by atoms with Crippen LogP contribution in [0.4, 0.5) is 8.78 Å². The fourth-order valence-electron chi connectivity index (χ4n) is 2.53. The fraction of sp³-hybridized carbons (Fsp3) is 0.500. The van der Waals surface area contributed by atoms with E-state index in [-0.39, 0.29) is 11.6 Å². The zero-order chi connectivity index (χ0) is 13.8. The van der Waals surface area contributed by atoms with E-state index < -0.39 is 17.5 Å². The second kappa shape index (κ2) is 6.33. The molecule has 0 saturated carbocycles. The molecule has 1 heterocycles. The highest BCUT2D eigenvalue weighted by molar-refractivity contribution is 6.17. The molecule has 1 atom stereocenters. The van der Waals surface area contributed by atoms with Gasteiger partial charge in [0.25, 0.3) is 5.91 Å². The number of benzene rings is 1. The lowest BCUT2D eigenvalue weighted by Crippen LogP contribution is -2.36. The molecular formula is C14H16ClF2NO. The first-order valence-corrected chi connectivity index (χ1v) is 6.99. The number of carbonyl (C=O) groups is 1. The van der Waals surface area contributed by atoms with Crippen LogP contribution in [0.15, 0.2) is 18.2 Å². The zero-order valence-corrected chi connectivity index (χ0v) is 11.3. The van der Waals surface area contributed by atoms with E-state index >= 15 is 0 Å². The molecule has 1 aromatic carbocycles. The number of hydrogen-bond donors (Lipinski definition) is 0. The molecule has 1 aliphatic heterocycles. The summed E-state index contributed by atoms with van der Waals surface area (Å²) in [6, 6.07) is 3.07. The monoisotopic (exact) mass is 287 g/mol. The summed E-state index contributed by atoms with van der Waals surface area (Å²) in [5, 5.41) is 0. The molecule has 1 fully saturated rings. The van der Waals surface area contributed by atoms with Crippen LogP contribution in [0.2, 0.25) is 0 Å². The van der Waals surface area contributed by atoms with Crippen LogP contribution in [0.1, 0.15) is 36.0 Å². The van der Waals surface area contributed by atoms with Crippen LogP contribution in [0.25, 0.3) is 0 Å². The van der Waals surface area contributed by atoms with Crippen LogP contribution >= 0.6 is 11.6 Å². The van der Waals surface area contributed by atoms with Crippen molar-refractivity contribution in [3.63, 3.8) is 0 Å². The van der Waals surface area contributed by atoms with Gasteiger partial charge in [0.05, 0.1) is 5.56 Å². The van der Waals surface area contributed by atoms with E-state index in [4.69, 9.17) is 11.6 Å². The minimum absolute atomic E-state index is 0.0916. The molecule has 19 heavy (non-hydrogen) atoms. The van der Waals surface area contributed by atoms with E-state index in [2.05, 4.69) is 0 Å². The number of likely N-dealkylation sites (tertiary alicyclic amines) is 1. The summed E-state index contributed by atoms with van der Waals surface area (Å²) in [6.07, 6.45) is 3.43. The molecule has 5 heteroatoms. The van der Waals surface area contributed by atoms with Crippen LogP contribution in [-0.2, 0) is 0 Å². The second-order valence-corrected chi connectivity index (χ2v) is 5.13. The number of halogens is 3. The third kappa shape index (κ3) is 3.24. The van der Waals surface area contributed by atoms with Gasteiger partial charge in [-0.25, -0.2) is 8.78 Å². The van der Waals surface area contributed by atoms with E-state index in [1.54, 1.807) is 4.90 Å². The summed E-state index contributed by atoms with van der Waals surface area (Å²) in [6.45, 7) is 0.599. The van der Waals surface area contributed by atoms with E-state index in [1.807, 2.05) is 0 Å². The van der Waals surface area contributed by atoms with Gasteiger partial charge in [0, 0.05) is 18.5 Å². The highest BCUT2D eigenvalue weighted by atomic mass is 35.5. The molecule has 1 amide bonds. The highest BCUT2D eigenvalue weighted by Crippen LogP contribution is 2.24. The molecular weight excluding hydrogens is 272 g/mol. The highest BCUT2D eigenvalue weighted by Gasteiger charge is 2.30. The molecule has 2 rings (SSSR count). The summed E-state index contributed by atoms with van der Waals surface area (Å²) in [4.78, 5) is 13.9. The van der Waals surface area contributed by atoms with Crippen molar-refractivity contribution in [1.29, 1.82) is 0 Å². The number of amides is 1. The van der Waals surface area contributed by atoms with Gasteiger partial charge in [0.2, 0.25) is 0 Å². The molecule has 1 aromatic rings. The van der Waals surface area contributed by atoms with Crippen molar-refractivity contribution in [1.82, 2.24) is 4.90 Å². The molecule has 1 unspecified atom stereocenters. The van der Waals surface area contributed by atoms with Crippen LogP contribution in [0.5, 0.6) is 0 Å². The Balaban J connectivity index is 2.16. The number of alkyl halides is 1. The SMILES string of the molecule is O=C(c1cc(F)ccc1F)N1CCCC1CCCCl. The van der Waals surface area contributed by atoms with Crippen LogP contribution in [-0.4, -0.2) is 29.3 Å². The maximum absolute atomic E-state index is 13.6. The summed E-state index contributed by atoms with van der Waals surface area (Å²) in [7, 11) is 0. The van der Waals surface area contributed by atoms with Crippen molar-refractivity contribution >= 4 is 17.5 Å². The maximum Gasteiger partial charge on any atom is 0.257 e. The van der Waals surface area contributed by atoms with Crippen molar-refractivity contribution in [2.45, 2.75) is 31.7 Å². The van der Waals surface area contributed by atoms with Crippen molar-refractivity contribution in [3.05, 3.63) is 35.4 Å². The first kappa shape index (κ1) is 14.3. The lowest BCUT2D eigenvalue weighted by molar-refractivity contribution is 0.0725. The fourth-order valence-corrected chi connectivity index (χ4v) is 2.69. The lowest BCUT2D eigenvalue weighted by atomic mass is 10.1. The van der Waals surface area contributed by atoms with Crippen molar-refractivity contribution < 1.29 is 13.6 Å². The Morgan fingerprint density at radius 3 is 2.95 bits per heavy atom. The predicted molar refractivity (Wildman–Crippen MR) is 70.4 cm³/mol. The molecule has 0 N–H and O–H groups in total. The molecule has 0 bridgehead atoms. The van der Waals surface area contributed by atoms with Gasteiger partial charge in [0.15, 0.2) is 0 Å². The molecule has 0 aliphatic carbocycles. The van der Waals surface area contributed by atoms with Crippen LogP contribution in [0.3, 0.4) is 0 Å². The van der Waals surface area contributed by atoms with Crippen LogP contribution in [0, 0.1) is 11.6 Å². The summed E-state index contributed by atoms with van der Waals surface area (Å²) in [5.74, 6) is -1.14. The molecule has 104 valence electrons. The Hall–Kier alpha value is -1.16. The summed E-state index contributed by atoms with van der Waals surface area (Å²) < 4.78 is 26.8. The van der Waals surface area contributed by atoms with Gasteiger partial charge in [-0.2, -0.15) is 0 Å². The number of rotatable bonds is 4. The standard InChI is InChI=1S/C14H16ClF2NO/c15-7-1-3-11-4-2-8-18(11)14(19)12-9-10(16)5-6-13(12)17/h5-6,9,11H,1-4,7-8H2. The Morgan fingerprint density at radius 1 is 1.42 bits per heavy atom. The number of nitrogens with zero attached hydrogens (tertiary/aromatic N) is 1. The quantitative estimate of drug-likeness (QED) is 0.775. The lowest BCUT2D eigenvalue weighted by Gasteiger charge is -2.24. The van der Waals surface area contributed by atoms with Gasteiger partial charge >= 0.3 is 0 Å². The number of carbonyl (C=O) groups excluding carboxylic acids is 1. The van der Waals surface area contributed by atoms with Crippen molar-refractivity contribution in [2.24, 2.45) is 0 Å². The van der Waals surface area contributed by atoms with E-state index in [0.29, 0.717) is 12.4 Å². The Labute approximate surface area is 116 Å². The third-order valence-corrected chi connectivity index (χ3v) is 3.74. The van der Waals surface area contributed by atoms with Gasteiger partial charge < -0.3 is 4.90 Å². The van der Waals surface area contributed by atoms with Gasteiger partial charge in [-0.05, 0) is 43.9 Å². The van der Waals surface area contributed by atoms with Crippen molar-refractivity contribution in [3.8, 4) is 0 Å². The average molecular weight is 288 g/mol. The minimum Gasteiger partial charge on any atom is -0.336 e. The largest absolute Gasteiger partial charge is 0.336 e. The normalized spacial score (nSPS) is 18.9. The Morgan fingerprint density at radius 2 is 2.21 bits per heavy atom. The average Bonchev–Trinajstić information content (AvgIpc) is 2.86. The topological polar surface area (TPSA) is 20.3 Å². The summed E-state index contributed by atoms with van der Waals surface area (Å²) in [5.41, 5.74) is -0.183. The summed E-state index contributed by atoms with van der Waals surface area (Å²) >= 11 is 5.66. The maximum atomic E-state index is 13.6. The smallest absolute Gasteiger partial charge is 0.257 e. The van der Waals surface area contributed by atoms with Crippen LogP contribution < -0.4 is 0 Å². The first-order chi connectivity index (χ1) is 9.13. The van der Waals surface area contributed by atoms with Gasteiger partial charge in [-0.3, -0.25) is 4.79 Å². The zero-order valence-electron chi connectivity index (χ0n) is 10.5. The molecule has 0 aromatic heterocycles. The van der Waals surface area contributed by atoms with E-state index in [9.17, 15) is 13.6 Å². The van der Waals surface area contributed by atoms with Gasteiger partial charge in [0.1, 0.15) is 11.6 Å². The van der Waals surface area contributed by atoms with Gasteiger partial charge in [-0.1, -0.05) is 0 Å². The predicted octanol–water partition coefficient (Wildman–Crippen LogP) is 3.59. The van der Waals surface area contributed by atoms with E-state index in [0.717, 1.165) is 43.9 Å². The molecule has 1 saturated heterocycles. The van der Waals surface area contributed by atoms with E-state index in [1.165, 1.54) is 0 Å². The third-order valence-electron chi connectivity index (χ3n) is 3.47. The second-order valence-electron chi connectivity index (χ2n) is 4.75. The Kier molecular flexibility index (Phi) is 4.75. The number of hydrogen-bond acceptors (Lipinski definition) is 1. The molecule has 0 radical (unpaired) electrons. The van der Waals surface area contributed by atoms with Crippen molar-refractivity contribution in [2.75, 3.05) is 12.4 Å². The first-order valence-electron chi connectivity index (χ1n) is 6.45. The van der Waals surface area contributed by atoms with Gasteiger partial charge in [-0.15, -0.1) is 11.6 Å². The molecule has 1 aliphatic rings. The molecule has 2 nitrogen and oxygen atoms in total.